The van der Waals surface area contributed by atoms with Crippen LogP contribution in [0.3, 0.4) is 0 Å². The molecule has 112 valence electrons. The van der Waals surface area contributed by atoms with Crippen LogP contribution >= 0.6 is 0 Å². The maximum Gasteiger partial charge on any atom is 0.123 e. The summed E-state index contributed by atoms with van der Waals surface area (Å²) in [6, 6.07) is 14.8. The zero-order chi connectivity index (χ0) is 15.1. The minimum Gasteiger partial charge on any atom is -0.497 e. The number of nitrogens with two attached hydrogens (primary N) is 1. The minimum atomic E-state index is -1.09. The normalized spacial score (nSPS) is 11.9. The first-order chi connectivity index (χ1) is 10.2. The van der Waals surface area contributed by atoms with Crippen LogP contribution in [0.5, 0.6) is 11.5 Å². The lowest BCUT2D eigenvalue weighted by Crippen LogP contribution is -2.10. The summed E-state index contributed by atoms with van der Waals surface area (Å²) in [6.45, 7) is 0.813. The molecule has 21 heavy (non-hydrogen) atoms. The highest BCUT2D eigenvalue weighted by Crippen LogP contribution is 2.18. The maximum atomic E-state index is 12.2. The van der Waals surface area contributed by atoms with E-state index in [4.69, 9.17) is 15.2 Å². The number of ether oxygens (including phenoxy) is 2. The largest absolute Gasteiger partial charge is 0.497 e. The number of hydrogen-bond acceptors (Lipinski definition) is 4. The Balaban J connectivity index is 1.89. The van der Waals surface area contributed by atoms with Crippen molar-refractivity contribution in [3.05, 3.63) is 54.1 Å². The van der Waals surface area contributed by atoms with Gasteiger partial charge in [-0.15, -0.1) is 0 Å². The summed E-state index contributed by atoms with van der Waals surface area (Å²) in [7, 11) is 0.518. The molecule has 0 bridgehead atoms. The lowest BCUT2D eigenvalue weighted by molar-refractivity contribution is 0.339. The van der Waals surface area contributed by atoms with Crippen LogP contribution in [-0.2, 0) is 17.3 Å². The van der Waals surface area contributed by atoms with Crippen LogP contribution in [0.1, 0.15) is 5.56 Å². The van der Waals surface area contributed by atoms with Gasteiger partial charge in [0, 0.05) is 17.0 Å². The van der Waals surface area contributed by atoms with E-state index in [9.17, 15) is 4.21 Å². The molecule has 0 heterocycles. The molecular formula is C16H19NO3S. The number of benzene rings is 2. The highest BCUT2D eigenvalue weighted by molar-refractivity contribution is 7.85. The van der Waals surface area contributed by atoms with Gasteiger partial charge in [0.2, 0.25) is 0 Å². The Bertz CT molecular complexity index is 599. The Morgan fingerprint density at radius 3 is 2.48 bits per heavy atom. The average Bonchev–Trinajstić information content (AvgIpc) is 2.55. The van der Waals surface area contributed by atoms with E-state index in [1.165, 1.54) is 0 Å². The van der Waals surface area contributed by atoms with Gasteiger partial charge in [-0.3, -0.25) is 4.21 Å². The third kappa shape index (κ3) is 4.31. The molecule has 0 aliphatic carbocycles. The van der Waals surface area contributed by atoms with Gasteiger partial charge in [0.25, 0.3) is 0 Å². The predicted molar refractivity (Wildman–Crippen MR) is 84.1 cm³/mol. The second-order valence-corrected chi connectivity index (χ2v) is 5.96. The molecule has 1 atom stereocenters. The summed E-state index contributed by atoms with van der Waals surface area (Å²) in [4.78, 5) is 0.770. The summed E-state index contributed by atoms with van der Waals surface area (Å²) in [5, 5.41) is 0. The van der Waals surface area contributed by atoms with Crippen molar-refractivity contribution >= 4 is 10.8 Å². The smallest absolute Gasteiger partial charge is 0.123 e. The molecular weight excluding hydrogens is 286 g/mol. The lowest BCUT2D eigenvalue weighted by atomic mass is 10.2. The van der Waals surface area contributed by atoms with Crippen LogP contribution < -0.4 is 15.2 Å². The fourth-order valence-electron chi connectivity index (χ4n) is 1.89. The molecule has 0 radical (unpaired) electrons. The standard InChI is InChI=1S/C16H19NO3S/c1-19-14-6-8-15(9-7-14)21(18)11-10-20-16-5-3-2-4-13(16)12-17/h2-9H,10-12,17H2,1H3. The van der Waals surface area contributed by atoms with Crippen molar-refractivity contribution in [1.82, 2.24) is 0 Å². The Labute approximate surface area is 127 Å². The lowest BCUT2D eigenvalue weighted by Gasteiger charge is -2.10. The van der Waals surface area contributed by atoms with E-state index in [1.54, 1.807) is 19.2 Å². The zero-order valence-corrected chi connectivity index (χ0v) is 12.8. The van der Waals surface area contributed by atoms with Crippen LogP contribution in [0.15, 0.2) is 53.4 Å². The fraction of sp³-hybridized carbons (Fsp3) is 0.250. The second kappa shape index (κ2) is 7.81. The third-order valence-electron chi connectivity index (χ3n) is 3.04. The van der Waals surface area contributed by atoms with Gasteiger partial charge < -0.3 is 15.2 Å². The van der Waals surface area contributed by atoms with E-state index < -0.39 is 10.8 Å². The van der Waals surface area contributed by atoms with Gasteiger partial charge in [-0.25, -0.2) is 0 Å². The molecule has 0 amide bonds. The molecule has 0 aliphatic rings. The molecule has 0 aliphatic heterocycles. The molecule has 0 spiro atoms. The van der Waals surface area contributed by atoms with Crippen LogP contribution in [0.4, 0.5) is 0 Å². The SMILES string of the molecule is COc1ccc(S(=O)CCOc2ccccc2CN)cc1. The number of hydrogen-bond donors (Lipinski definition) is 1. The van der Waals surface area contributed by atoms with Crippen molar-refractivity contribution in [3.63, 3.8) is 0 Å². The van der Waals surface area contributed by atoms with Crippen LogP contribution in [0.25, 0.3) is 0 Å². The molecule has 2 aromatic rings. The Hall–Kier alpha value is -1.85. The summed E-state index contributed by atoms with van der Waals surface area (Å²) in [5.74, 6) is 1.95. The highest BCUT2D eigenvalue weighted by atomic mass is 32.2. The van der Waals surface area contributed by atoms with Gasteiger partial charge in [-0.2, -0.15) is 0 Å². The van der Waals surface area contributed by atoms with E-state index in [0.717, 1.165) is 22.0 Å². The van der Waals surface area contributed by atoms with E-state index in [2.05, 4.69) is 0 Å². The Morgan fingerprint density at radius 1 is 1.10 bits per heavy atom. The summed E-state index contributed by atoms with van der Waals surface area (Å²) >= 11 is 0. The molecule has 2 aromatic carbocycles. The van der Waals surface area contributed by atoms with Crippen LogP contribution in [-0.4, -0.2) is 23.7 Å². The first kappa shape index (κ1) is 15.5. The second-order valence-electron chi connectivity index (χ2n) is 4.39. The van der Waals surface area contributed by atoms with Crippen molar-refractivity contribution in [1.29, 1.82) is 0 Å². The summed E-state index contributed by atoms with van der Waals surface area (Å²) in [5.41, 5.74) is 6.60. The molecule has 0 fully saturated rings. The van der Waals surface area contributed by atoms with Crippen LogP contribution in [0, 0.1) is 0 Å². The highest BCUT2D eigenvalue weighted by Gasteiger charge is 2.06. The average molecular weight is 305 g/mol. The van der Waals surface area contributed by atoms with Crippen molar-refractivity contribution in [2.75, 3.05) is 19.5 Å². The molecule has 0 saturated carbocycles. The molecule has 2 N–H and O–H groups in total. The van der Waals surface area contributed by atoms with Crippen LogP contribution in [0.2, 0.25) is 0 Å². The fourth-order valence-corrected chi connectivity index (χ4v) is 2.80. The number of rotatable bonds is 7. The van der Waals surface area contributed by atoms with Gasteiger partial charge in [-0.05, 0) is 30.3 Å². The van der Waals surface area contributed by atoms with Crippen molar-refractivity contribution in [2.24, 2.45) is 5.73 Å². The maximum absolute atomic E-state index is 12.2. The minimum absolute atomic E-state index is 0.385. The summed E-state index contributed by atoms with van der Waals surface area (Å²) < 4.78 is 22.9. The van der Waals surface area contributed by atoms with E-state index in [0.29, 0.717) is 18.9 Å². The van der Waals surface area contributed by atoms with E-state index >= 15 is 0 Å². The van der Waals surface area contributed by atoms with Crippen molar-refractivity contribution in [2.45, 2.75) is 11.4 Å². The molecule has 5 heteroatoms. The molecule has 2 rings (SSSR count). The van der Waals surface area contributed by atoms with E-state index in [-0.39, 0.29) is 0 Å². The third-order valence-corrected chi connectivity index (χ3v) is 4.38. The Morgan fingerprint density at radius 2 is 1.81 bits per heavy atom. The van der Waals surface area contributed by atoms with Crippen molar-refractivity contribution in [3.8, 4) is 11.5 Å². The van der Waals surface area contributed by atoms with Gasteiger partial charge in [0.1, 0.15) is 18.1 Å². The number of methoxy groups -OCH3 is 1. The number of para-hydroxylation sites is 1. The molecule has 1 unspecified atom stereocenters. The molecule has 0 saturated heterocycles. The monoisotopic (exact) mass is 305 g/mol. The van der Waals surface area contributed by atoms with Gasteiger partial charge >= 0.3 is 0 Å². The van der Waals surface area contributed by atoms with Gasteiger partial charge in [-0.1, -0.05) is 18.2 Å². The topological polar surface area (TPSA) is 61.5 Å². The molecule has 0 aromatic heterocycles. The Kier molecular flexibility index (Phi) is 5.78. The predicted octanol–water partition coefficient (Wildman–Crippen LogP) is 2.34. The van der Waals surface area contributed by atoms with Gasteiger partial charge in [0.15, 0.2) is 0 Å². The van der Waals surface area contributed by atoms with Crippen molar-refractivity contribution < 1.29 is 13.7 Å². The van der Waals surface area contributed by atoms with E-state index in [1.807, 2.05) is 36.4 Å². The van der Waals surface area contributed by atoms with Gasteiger partial charge in [0.05, 0.1) is 23.7 Å². The molecule has 4 nitrogen and oxygen atoms in total. The zero-order valence-electron chi connectivity index (χ0n) is 12.0. The quantitative estimate of drug-likeness (QED) is 0.853. The first-order valence-corrected chi connectivity index (χ1v) is 7.99. The first-order valence-electron chi connectivity index (χ1n) is 6.68. The summed E-state index contributed by atoms with van der Waals surface area (Å²) in [6.07, 6.45) is 0.